The molecule has 440 valence electrons. The van der Waals surface area contributed by atoms with E-state index in [0.717, 1.165) is 77.8 Å². The number of para-hydroxylation sites is 3. The zero-order valence-electron chi connectivity index (χ0n) is 53.7. The first kappa shape index (κ1) is 55.2. The van der Waals surface area contributed by atoms with Crippen LogP contribution in [-0.4, -0.2) is 8.07 Å². The van der Waals surface area contributed by atoms with Gasteiger partial charge in [0.1, 0.15) is 0 Å². The SMILES string of the molecule is CC(C)(C)c1ccc(N2c3ccccc3[SiH-]3(C)c4ccccc4-c4c5c(cc2c43)C(c2ccc(C(C)(C)C)cc2)(c2ccc3oc4ccc(C(C)(C)C)cc4c3c2)c2cc(N(c3ccccc3)c3ccc(C(C)(C)C)cc3)c3c(oc4ccccc43)c2-5)cc1. The summed E-state index contributed by atoms with van der Waals surface area (Å²) in [5, 5.41) is 8.79. The summed E-state index contributed by atoms with van der Waals surface area (Å²) in [4.78, 5) is 5.13. The molecule has 2 aliphatic heterocycles. The van der Waals surface area contributed by atoms with Gasteiger partial charge in [0.15, 0.2) is 0 Å². The summed E-state index contributed by atoms with van der Waals surface area (Å²) < 4.78 is 14.7. The topological polar surface area (TPSA) is 32.8 Å². The Bertz CT molecular complexity index is 5060. The average molecular weight is 1170 g/mol. The van der Waals surface area contributed by atoms with Crippen molar-refractivity contribution in [1.82, 2.24) is 0 Å². The van der Waals surface area contributed by atoms with Crippen molar-refractivity contribution in [2.75, 3.05) is 9.80 Å². The van der Waals surface area contributed by atoms with Crippen LogP contribution in [0, 0.1) is 0 Å². The average Bonchev–Trinajstić information content (AvgIpc) is 1.49. The van der Waals surface area contributed by atoms with Gasteiger partial charge in [-0.05, 0) is 5.41 Å². The van der Waals surface area contributed by atoms with Crippen molar-refractivity contribution in [3.63, 3.8) is 0 Å². The van der Waals surface area contributed by atoms with Gasteiger partial charge in [-0.2, -0.15) is 0 Å². The van der Waals surface area contributed by atoms with Crippen LogP contribution in [0.2, 0.25) is 6.55 Å². The summed E-state index contributed by atoms with van der Waals surface area (Å²) in [7, 11) is -3.25. The molecule has 4 heterocycles. The van der Waals surface area contributed by atoms with Crippen LogP contribution in [0.1, 0.15) is 128 Å². The molecule has 0 bridgehead atoms. The molecule has 89 heavy (non-hydrogen) atoms. The molecule has 2 aromatic heterocycles. The molecule has 1 unspecified atom stereocenters. The van der Waals surface area contributed by atoms with E-state index in [2.05, 4.69) is 324 Å². The zero-order valence-corrected chi connectivity index (χ0v) is 54.8. The normalized spacial score (nSPS) is 16.2. The van der Waals surface area contributed by atoms with Gasteiger partial charge in [-0.15, -0.1) is 0 Å². The molecule has 0 spiro atoms. The number of nitrogens with zero attached hydrogens (tertiary/aromatic N) is 2. The Morgan fingerprint density at radius 1 is 0.393 bits per heavy atom. The zero-order chi connectivity index (χ0) is 61.5. The number of benzene rings is 11. The maximum atomic E-state index is 7.79. The first-order valence-electron chi connectivity index (χ1n) is 32.1. The Balaban J connectivity index is 1.13. The van der Waals surface area contributed by atoms with Gasteiger partial charge in [-0.1, -0.05) is 41.5 Å². The molecule has 16 rings (SSSR count). The van der Waals surface area contributed by atoms with Gasteiger partial charge in [-0.3, -0.25) is 0 Å². The number of hydrogen-bond acceptors (Lipinski definition) is 4. The van der Waals surface area contributed by atoms with Gasteiger partial charge < -0.3 is 0 Å². The minimum atomic E-state index is -3.25. The van der Waals surface area contributed by atoms with E-state index in [4.69, 9.17) is 8.83 Å². The van der Waals surface area contributed by atoms with Crippen molar-refractivity contribution in [1.29, 1.82) is 0 Å². The third-order valence-corrected chi connectivity index (χ3v) is 25.9. The third kappa shape index (κ3) is 7.96. The van der Waals surface area contributed by atoms with Gasteiger partial charge in [0.25, 0.3) is 0 Å². The fraction of sp³-hybridized carbons (Fsp3) is 0.214. The van der Waals surface area contributed by atoms with Crippen molar-refractivity contribution in [2.24, 2.45) is 0 Å². The van der Waals surface area contributed by atoms with Crippen molar-refractivity contribution < 1.29 is 8.83 Å². The van der Waals surface area contributed by atoms with Crippen molar-refractivity contribution in [3.05, 3.63) is 269 Å². The van der Waals surface area contributed by atoms with Crippen LogP contribution in [0.25, 0.3) is 66.1 Å². The summed E-state index contributed by atoms with van der Waals surface area (Å²) in [5.41, 5.74) is 24.2. The quantitative estimate of drug-likeness (QED) is 0.155. The summed E-state index contributed by atoms with van der Waals surface area (Å²) in [6, 6.07) is 86.3. The third-order valence-electron chi connectivity index (χ3n) is 20.7. The van der Waals surface area contributed by atoms with Gasteiger partial charge >= 0.3 is 481 Å². The van der Waals surface area contributed by atoms with Crippen LogP contribution in [0.4, 0.5) is 34.1 Å². The molecule has 5 heteroatoms. The summed E-state index contributed by atoms with van der Waals surface area (Å²) in [6.45, 7) is 30.4. The van der Waals surface area contributed by atoms with Crippen LogP contribution in [0.5, 0.6) is 0 Å². The minimum absolute atomic E-state index is 0.0158. The van der Waals surface area contributed by atoms with E-state index in [-0.39, 0.29) is 21.7 Å². The van der Waals surface area contributed by atoms with Gasteiger partial charge in [0, 0.05) is 0 Å². The number of rotatable bonds is 6. The van der Waals surface area contributed by atoms with E-state index in [0.29, 0.717) is 0 Å². The van der Waals surface area contributed by atoms with Crippen LogP contribution in [0.15, 0.2) is 233 Å². The van der Waals surface area contributed by atoms with Crippen LogP contribution < -0.4 is 25.4 Å². The molecular formula is C84H77N2O2Si-. The Hall–Kier alpha value is -9.16. The number of hydrogen-bond donors (Lipinski definition) is 0. The standard InChI is InChI=1S/C84H77N2O2Si/c1-80(2,3)51-31-33-54(34-32-51)84(56-40-46-71-63(48-56)62-47-55(83(10,11)12)39-45-70(62)87-71)64-50-68-79-75(61-26-18-21-29-72(61)89(79,13)73-30-22-19-27-66(73)86(68)59-43-37-53(38-44-59)82(7,8)9)76(64)77-65(84)49-67(74-60-25-17-20-28-69(60)88-78(74)77)85(57-23-15-14-16-24-57)58-41-35-52(36-42-58)81(4,5)6/h14-50,89H,1-13H3/q-1. The van der Waals surface area contributed by atoms with Crippen molar-refractivity contribution >= 4 is 102 Å². The number of fused-ring (bicyclic) bond motifs is 16. The predicted octanol–water partition coefficient (Wildman–Crippen LogP) is 21.1. The van der Waals surface area contributed by atoms with Gasteiger partial charge in [0.2, 0.25) is 0 Å². The second-order valence-electron chi connectivity index (χ2n) is 30.1. The van der Waals surface area contributed by atoms with Crippen molar-refractivity contribution in [2.45, 2.75) is 117 Å². The molecule has 3 aliphatic rings. The van der Waals surface area contributed by atoms with Crippen LogP contribution >= 0.6 is 0 Å². The molecule has 0 amide bonds. The molecule has 1 aliphatic carbocycles. The Morgan fingerprint density at radius 3 is 1.58 bits per heavy atom. The molecule has 4 nitrogen and oxygen atoms in total. The van der Waals surface area contributed by atoms with Crippen molar-refractivity contribution in [3.8, 4) is 22.3 Å². The molecule has 0 fully saturated rings. The number of anilines is 6. The van der Waals surface area contributed by atoms with Gasteiger partial charge in [0.05, 0.1) is 0 Å². The molecule has 11 aromatic carbocycles. The molecule has 0 saturated carbocycles. The first-order chi connectivity index (χ1) is 42.5. The summed E-state index contributed by atoms with van der Waals surface area (Å²) in [6.07, 6.45) is 0. The monoisotopic (exact) mass is 1170 g/mol. The molecule has 1 atom stereocenters. The molecule has 0 saturated heterocycles. The Labute approximate surface area is 525 Å². The number of furan rings is 2. The second-order valence-corrected chi connectivity index (χ2v) is 34.5. The Morgan fingerprint density at radius 2 is 0.910 bits per heavy atom. The maximum absolute atomic E-state index is 7.79. The fourth-order valence-corrected chi connectivity index (χ4v) is 21.3. The van der Waals surface area contributed by atoms with E-state index in [1.807, 2.05) is 0 Å². The molecule has 13 aromatic rings. The predicted molar refractivity (Wildman–Crippen MR) is 380 cm³/mol. The van der Waals surface area contributed by atoms with E-state index in [1.165, 1.54) is 82.6 Å². The van der Waals surface area contributed by atoms with Crippen LogP contribution in [-0.2, 0) is 27.1 Å². The van der Waals surface area contributed by atoms with E-state index < -0.39 is 13.5 Å². The second kappa shape index (κ2) is 18.9. The molecule has 0 radical (unpaired) electrons. The summed E-state index contributed by atoms with van der Waals surface area (Å²) in [5.74, 6) is 0. The fourth-order valence-electron chi connectivity index (χ4n) is 16.0. The van der Waals surface area contributed by atoms with E-state index in [1.54, 1.807) is 0 Å². The first-order valence-corrected chi connectivity index (χ1v) is 35.0. The van der Waals surface area contributed by atoms with E-state index >= 15 is 0 Å². The van der Waals surface area contributed by atoms with E-state index in [9.17, 15) is 0 Å². The Kier molecular flexibility index (Phi) is 11.7. The van der Waals surface area contributed by atoms with Crippen LogP contribution in [0.3, 0.4) is 0 Å². The molecular weight excluding hydrogens is 1100 g/mol. The summed E-state index contributed by atoms with van der Waals surface area (Å²) >= 11 is 0. The van der Waals surface area contributed by atoms with Gasteiger partial charge in [-0.25, -0.2) is 0 Å². The molecule has 0 N–H and O–H groups in total.